The second kappa shape index (κ2) is 8.68. The number of aldehydes is 1. The number of alkyl carbamates (subject to hydrolysis) is 1. The number of carbonyl (C=O) groups excluding carboxylic acids is 3. The van der Waals surface area contributed by atoms with E-state index in [2.05, 4.69) is 5.32 Å². The molecule has 0 unspecified atom stereocenters. The standard InChI is InChI=1S/C17H22ClNO5/c1-11-8-14(12(10-20)9-13(11)18)23-15(21)6-5-7-19-16(22)24-17(2,3)4/h8-10H,5-7H2,1-4H3,(H,19,22). The van der Waals surface area contributed by atoms with Crippen molar-refractivity contribution in [2.45, 2.75) is 46.1 Å². The van der Waals surface area contributed by atoms with Gasteiger partial charge in [-0.3, -0.25) is 9.59 Å². The first-order valence-corrected chi connectivity index (χ1v) is 7.93. The van der Waals surface area contributed by atoms with Gasteiger partial charge in [-0.2, -0.15) is 0 Å². The minimum Gasteiger partial charge on any atom is -0.444 e. The summed E-state index contributed by atoms with van der Waals surface area (Å²) in [6.07, 6.45) is 0.530. The largest absolute Gasteiger partial charge is 0.444 e. The van der Waals surface area contributed by atoms with Crippen LogP contribution in [-0.2, 0) is 9.53 Å². The summed E-state index contributed by atoms with van der Waals surface area (Å²) in [5, 5.41) is 2.98. The van der Waals surface area contributed by atoms with Crippen LogP contribution in [0, 0.1) is 6.92 Å². The molecule has 1 rings (SSSR count). The zero-order valence-electron chi connectivity index (χ0n) is 14.3. The first-order chi connectivity index (χ1) is 11.1. The number of benzene rings is 1. The summed E-state index contributed by atoms with van der Waals surface area (Å²) in [5.74, 6) is -0.317. The summed E-state index contributed by atoms with van der Waals surface area (Å²) < 4.78 is 10.3. The SMILES string of the molecule is Cc1cc(OC(=O)CCCNC(=O)OC(C)(C)C)c(C=O)cc1Cl. The Hall–Kier alpha value is -2.08. The number of ether oxygens (including phenoxy) is 2. The van der Waals surface area contributed by atoms with Crippen LogP contribution in [0.25, 0.3) is 0 Å². The molecule has 24 heavy (non-hydrogen) atoms. The number of hydrogen-bond acceptors (Lipinski definition) is 5. The lowest BCUT2D eigenvalue weighted by Crippen LogP contribution is -2.33. The van der Waals surface area contributed by atoms with Gasteiger partial charge in [-0.05, 0) is 51.8 Å². The molecule has 0 bridgehead atoms. The minimum absolute atomic E-state index is 0.0930. The predicted octanol–water partition coefficient (Wildman–Crippen LogP) is 3.67. The van der Waals surface area contributed by atoms with Crippen molar-refractivity contribution in [2.24, 2.45) is 0 Å². The zero-order valence-corrected chi connectivity index (χ0v) is 15.0. The van der Waals surface area contributed by atoms with Gasteiger partial charge >= 0.3 is 12.1 Å². The molecule has 0 aliphatic rings. The van der Waals surface area contributed by atoms with E-state index < -0.39 is 17.7 Å². The van der Waals surface area contributed by atoms with Crippen LogP contribution in [0.3, 0.4) is 0 Å². The van der Waals surface area contributed by atoms with E-state index >= 15 is 0 Å². The van der Waals surface area contributed by atoms with E-state index in [1.54, 1.807) is 33.8 Å². The van der Waals surface area contributed by atoms with Gasteiger partial charge in [0.1, 0.15) is 11.4 Å². The molecule has 1 aromatic rings. The third-order valence-corrected chi connectivity index (χ3v) is 3.27. The van der Waals surface area contributed by atoms with Crippen molar-refractivity contribution in [2.75, 3.05) is 6.54 Å². The van der Waals surface area contributed by atoms with Crippen LogP contribution in [0.5, 0.6) is 5.75 Å². The highest BCUT2D eigenvalue weighted by Gasteiger charge is 2.16. The molecule has 7 heteroatoms. The van der Waals surface area contributed by atoms with Gasteiger partial charge in [-0.15, -0.1) is 0 Å². The van der Waals surface area contributed by atoms with Gasteiger partial charge in [0.15, 0.2) is 6.29 Å². The van der Waals surface area contributed by atoms with Gasteiger partial charge in [-0.25, -0.2) is 4.79 Å². The fraction of sp³-hybridized carbons (Fsp3) is 0.471. The average molecular weight is 356 g/mol. The first-order valence-electron chi connectivity index (χ1n) is 7.55. The van der Waals surface area contributed by atoms with Gasteiger partial charge in [0.25, 0.3) is 0 Å². The lowest BCUT2D eigenvalue weighted by molar-refractivity contribution is -0.134. The molecule has 0 heterocycles. The van der Waals surface area contributed by atoms with Crippen LogP contribution in [0.1, 0.15) is 49.5 Å². The Bertz CT molecular complexity index is 622. The van der Waals surface area contributed by atoms with Crippen molar-refractivity contribution in [3.05, 3.63) is 28.3 Å². The second-order valence-electron chi connectivity index (χ2n) is 6.26. The molecular formula is C17H22ClNO5. The second-order valence-corrected chi connectivity index (χ2v) is 6.67. The summed E-state index contributed by atoms with van der Waals surface area (Å²) in [6.45, 7) is 7.33. The van der Waals surface area contributed by atoms with Crippen molar-refractivity contribution in [3.8, 4) is 5.75 Å². The van der Waals surface area contributed by atoms with Crippen LogP contribution in [0.15, 0.2) is 12.1 Å². The highest BCUT2D eigenvalue weighted by Crippen LogP contribution is 2.25. The van der Waals surface area contributed by atoms with Crippen LogP contribution in [0.2, 0.25) is 5.02 Å². The van der Waals surface area contributed by atoms with Crippen molar-refractivity contribution in [3.63, 3.8) is 0 Å². The number of halogens is 1. The van der Waals surface area contributed by atoms with E-state index in [0.29, 0.717) is 23.3 Å². The molecule has 0 radical (unpaired) electrons. The molecular weight excluding hydrogens is 334 g/mol. The number of amides is 1. The van der Waals surface area contributed by atoms with Crippen LogP contribution in [0.4, 0.5) is 4.79 Å². The Morgan fingerprint density at radius 2 is 1.96 bits per heavy atom. The van der Waals surface area contributed by atoms with Gasteiger partial charge in [0.05, 0.1) is 5.56 Å². The Morgan fingerprint density at radius 3 is 2.54 bits per heavy atom. The summed E-state index contributed by atoms with van der Waals surface area (Å²) in [5.41, 5.74) is 0.350. The first kappa shape index (κ1) is 20.0. The average Bonchev–Trinajstić information content (AvgIpc) is 2.45. The summed E-state index contributed by atoms with van der Waals surface area (Å²) in [6, 6.07) is 3.00. The fourth-order valence-electron chi connectivity index (χ4n) is 1.76. The van der Waals surface area contributed by atoms with E-state index in [0.717, 1.165) is 0 Å². The predicted molar refractivity (Wildman–Crippen MR) is 90.7 cm³/mol. The summed E-state index contributed by atoms with van der Waals surface area (Å²) >= 11 is 5.93. The molecule has 0 aliphatic carbocycles. The van der Waals surface area contributed by atoms with Crippen LogP contribution < -0.4 is 10.1 Å². The van der Waals surface area contributed by atoms with E-state index in [4.69, 9.17) is 21.1 Å². The number of hydrogen-bond donors (Lipinski definition) is 1. The van der Waals surface area contributed by atoms with Crippen LogP contribution >= 0.6 is 11.6 Å². The number of aryl methyl sites for hydroxylation is 1. The quantitative estimate of drug-likeness (QED) is 0.364. The Kier molecular flexibility index (Phi) is 7.22. The summed E-state index contributed by atoms with van der Waals surface area (Å²) in [7, 11) is 0. The molecule has 0 spiro atoms. The smallest absolute Gasteiger partial charge is 0.407 e. The Morgan fingerprint density at radius 1 is 1.29 bits per heavy atom. The third-order valence-electron chi connectivity index (χ3n) is 2.87. The van der Waals surface area contributed by atoms with Crippen molar-refractivity contribution < 1.29 is 23.9 Å². The van der Waals surface area contributed by atoms with Gasteiger partial charge in [-0.1, -0.05) is 11.6 Å². The third kappa shape index (κ3) is 7.00. The number of carbonyl (C=O) groups is 3. The molecule has 1 amide bonds. The fourth-order valence-corrected chi connectivity index (χ4v) is 1.93. The molecule has 0 saturated carbocycles. The summed E-state index contributed by atoms with van der Waals surface area (Å²) in [4.78, 5) is 34.3. The molecule has 1 aromatic carbocycles. The highest BCUT2D eigenvalue weighted by molar-refractivity contribution is 6.31. The van der Waals surface area contributed by atoms with Crippen molar-refractivity contribution in [1.29, 1.82) is 0 Å². The molecule has 132 valence electrons. The number of nitrogens with one attached hydrogen (secondary N) is 1. The van der Waals surface area contributed by atoms with E-state index in [1.165, 1.54) is 6.07 Å². The molecule has 0 aliphatic heterocycles. The monoisotopic (exact) mass is 355 g/mol. The van der Waals surface area contributed by atoms with E-state index in [9.17, 15) is 14.4 Å². The minimum atomic E-state index is -0.569. The molecule has 1 N–H and O–H groups in total. The highest BCUT2D eigenvalue weighted by atomic mass is 35.5. The lowest BCUT2D eigenvalue weighted by Gasteiger charge is -2.19. The molecule has 0 saturated heterocycles. The maximum absolute atomic E-state index is 11.8. The van der Waals surface area contributed by atoms with Gasteiger partial charge < -0.3 is 14.8 Å². The maximum Gasteiger partial charge on any atom is 0.407 e. The number of esters is 1. The molecule has 0 atom stereocenters. The Labute approximate surface area is 146 Å². The lowest BCUT2D eigenvalue weighted by atomic mass is 10.1. The number of rotatable bonds is 6. The van der Waals surface area contributed by atoms with Crippen molar-refractivity contribution >= 4 is 29.9 Å². The molecule has 0 aromatic heterocycles. The topological polar surface area (TPSA) is 81.7 Å². The normalized spacial score (nSPS) is 10.9. The van der Waals surface area contributed by atoms with Gasteiger partial charge in [0, 0.05) is 18.0 Å². The van der Waals surface area contributed by atoms with Crippen molar-refractivity contribution in [1.82, 2.24) is 5.32 Å². The molecule has 6 nitrogen and oxygen atoms in total. The maximum atomic E-state index is 11.8. The van der Waals surface area contributed by atoms with Gasteiger partial charge in [0.2, 0.25) is 0 Å². The Balaban J connectivity index is 2.44. The zero-order chi connectivity index (χ0) is 18.3. The van der Waals surface area contributed by atoms with E-state index in [-0.39, 0.29) is 24.3 Å². The molecule has 0 fully saturated rings. The van der Waals surface area contributed by atoms with Crippen LogP contribution in [-0.4, -0.2) is 30.5 Å². The van der Waals surface area contributed by atoms with E-state index in [1.807, 2.05) is 0 Å².